The molecule has 108 valence electrons. The van der Waals surface area contributed by atoms with Gasteiger partial charge in [0.15, 0.2) is 0 Å². The number of fused-ring (bicyclic) bond motifs is 1. The maximum atomic E-state index is 6.06. The van der Waals surface area contributed by atoms with E-state index in [9.17, 15) is 0 Å². The summed E-state index contributed by atoms with van der Waals surface area (Å²) in [4.78, 5) is 0. The van der Waals surface area contributed by atoms with Crippen LogP contribution in [0.2, 0.25) is 0 Å². The molecule has 3 rings (SSSR count). The summed E-state index contributed by atoms with van der Waals surface area (Å²) in [6.45, 7) is 6.23. The average molecular weight is 280 g/mol. The zero-order chi connectivity index (χ0) is 15.0. The van der Waals surface area contributed by atoms with Crippen LogP contribution in [0.4, 0.5) is 0 Å². The van der Waals surface area contributed by atoms with Crippen LogP contribution in [-0.2, 0) is 0 Å². The summed E-state index contributed by atoms with van der Waals surface area (Å²) in [6, 6.07) is 14.5. The first kappa shape index (κ1) is 13.9. The molecular formula is C18H20N2O. The van der Waals surface area contributed by atoms with Crippen molar-refractivity contribution < 1.29 is 4.42 Å². The second-order valence-corrected chi connectivity index (χ2v) is 5.60. The van der Waals surface area contributed by atoms with Gasteiger partial charge < -0.3 is 4.42 Å². The van der Waals surface area contributed by atoms with Gasteiger partial charge in [0.05, 0.1) is 0 Å². The molecule has 1 aromatic heterocycles. The van der Waals surface area contributed by atoms with Crippen LogP contribution in [0.15, 0.2) is 46.9 Å². The summed E-state index contributed by atoms with van der Waals surface area (Å²) in [6.07, 6.45) is 0. The largest absolute Gasteiger partial charge is 0.459 e. The Morgan fingerprint density at radius 2 is 1.81 bits per heavy atom. The highest BCUT2D eigenvalue weighted by Gasteiger charge is 2.19. The van der Waals surface area contributed by atoms with Crippen LogP contribution < -0.4 is 11.3 Å². The molecule has 3 aromatic rings. The van der Waals surface area contributed by atoms with Gasteiger partial charge in [-0.3, -0.25) is 5.84 Å². The Balaban J connectivity index is 2.13. The van der Waals surface area contributed by atoms with Crippen LogP contribution in [0.3, 0.4) is 0 Å². The van der Waals surface area contributed by atoms with E-state index in [1.54, 1.807) is 0 Å². The fourth-order valence-electron chi connectivity index (χ4n) is 2.77. The first-order chi connectivity index (χ1) is 10.1. The average Bonchev–Trinajstić information content (AvgIpc) is 2.89. The van der Waals surface area contributed by atoms with Crippen LogP contribution in [0.5, 0.6) is 0 Å². The van der Waals surface area contributed by atoms with Crippen molar-refractivity contribution in [3.8, 4) is 0 Å². The van der Waals surface area contributed by atoms with E-state index in [0.717, 1.165) is 27.9 Å². The lowest BCUT2D eigenvalue weighted by Crippen LogP contribution is -2.29. The Bertz CT molecular complexity index is 789. The van der Waals surface area contributed by atoms with Crippen LogP contribution in [-0.4, -0.2) is 0 Å². The Labute approximate surface area is 124 Å². The number of furan rings is 1. The van der Waals surface area contributed by atoms with Crippen molar-refractivity contribution in [1.29, 1.82) is 0 Å². The van der Waals surface area contributed by atoms with Gasteiger partial charge in [-0.25, -0.2) is 5.43 Å². The van der Waals surface area contributed by atoms with Gasteiger partial charge in [0.2, 0.25) is 0 Å². The Morgan fingerprint density at radius 1 is 1.00 bits per heavy atom. The smallest absolute Gasteiger partial charge is 0.137 e. The third kappa shape index (κ3) is 2.46. The summed E-state index contributed by atoms with van der Waals surface area (Å²) >= 11 is 0. The Hall–Kier alpha value is -2.10. The number of hydrogen-bond acceptors (Lipinski definition) is 3. The van der Waals surface area contributed by atoms with Crippen LogP contribution in [0, 0.1) is 20.8 Å². The molecule has 0 aliphatic heterocycles. The predicted molar refractivity (Wildman–Crippen MR) is 86.0 cm³/mol. The molecule has 3 heteroatoms. The van der Waals surface area contributed by atoms with Gasteiger partial charge in [-0.15, -0.1) is 0 Å². The number of hydrazine groups is 1. The zero-order valence-electron chi connectivity index (χ0n) is 12.6. The first-order valence-corrected chi connectivity index (χ1v) is 7.12. The molecule has 0 amide bonds. The van der Waals surface area contributed by atoms with E-state index in [-0.39, 0.29) is 6.04 Å². The first-order valence-electron chi connectivity index (χ1n) is 7.12. The molecule has 1 heterocycles. The van der Waals surface area contributed by atoms with Gasteiger partial charge in [-0.05, 0) is 43.5 Å². The van der Waals surface area contributed by atoms with E-state index in [0.29, 0.717) is 0 Å². The van der Waals surface area contributed by atoms with Gasteiger partial charge in [0.1, 0.15) is 17.4 Å². The number of rotatable bonds is 3. The maximum absolute atomic E-state index is 6.06. The van der Waals surface area contributed by atoms with E-state index in [4.69, 9.17) is 10.3 Å². The SMILES string of the molecule is Cc1ccc(C)c(C(NN)c2cc3cccc(C)c3o2)c1. The molecule has 0 fully saturated rings. The van der Waals surface area contributed by atoms with Crippen LogP contribution in [0.1, 0.15) is 34.1 Å². The van der Waals surface area contributed by atoms with E-state index in [1.807, 2.05) is 6.07 Å². The van der Waals surface area contributed by atoms with Gasteiger partial charge in [0.25, 0.3) is 0 Å². The second-order valence-electron chi connectivity index (χ2n) is 5.60. The molecule has 3 nitrogen and oxygen atoms in total. The van der Waals surface area contributed by atoms with Gasteiger partial charge in [-0.1, -0.05) is 42.0 Å². The van der Waals surface area contributed by atoms with Crippen molar-refractivity contribution in [2.45, 2.75) is 26.8 Å². The van der Waals surface area contributed by atoms with Gasteiger partial charge in [-0.2, -0.15) is 0 Å². The lowest BCUT2D eigenvalue weighted by atomic mass is 9.97. The standard InChI is InChI=1S/C18H20N2O/c1-11-7-8-12(2)15(9-11)17(20-19)16-10-14-6-4-5-13(3)18(14)21-16/h4-10,17,20H,19H2,1-3H3. The fraction of sp³-hybridized carbons (Fsp3) is 0.222. The van der Waals surface area contributed by atoms with E-state index < -0.39 is 0 Å². The number of benzene rings is 2. The highest BCUT2D eigenvalue weighted by molar-refractivity contribution is 5.81. The molecule has 0 saturated heterocycles. The number of para-hydroxylation sites is 1. The summed E-state index contributed by atoms with van der Waals surface area (Å²) in [5.41, 5.74) is 8.51. The monoisotopic (exact) mass is 280 g/mol. The van der Waals surface area contributed by atoms with Crippen molar-refractivity contribution in [2.75, 3.05) is 0 Å². The minimum Gasteiger partial charge on any atom is -0.459 e. The maximum Gasteiger partial charge on any atom is 0.137 e. The lowest BCUT2D eigenvalue weighted by molar-refractivity contribution is 0.475. The molecule has 0 bridgehead atoms. The molecule has 21 heavy (non-hydrogen) atoms. The van der Waals surface area contributed by atoms with Crippen LogP contribution in [0.25, 0.3) is 11.0 Å². The lowest BCUT2D eigenvalue weighted by Gasteiger charge is -2.17. The van der Waals surface area contributed by atoms with Crippen LogP contribution >= 0.6 is 0 Å². The Kier molecular flexibility index (Phi) is 3.53. The molecule has 1 atom stereocenters. The van der Waals surface area contributed by atoms with E-state index >= 15 is 0 Å². The van der Waals surface area contributed by atoms with Crippen molar-refractivity contribution >= 4 is 11.0 Å². The Morgan fingerprint density at radius 3 is 2.52 bits per heavy atom. The van der Waals surface area contributed by atoms with Gasteiger partial charge >= 0.3 is 0 Å². The highest BCUT2D eigenvalue weighted by Crippen LogP contribution is 2.31. The van der Waals surface area contributed by atoms with E-state index in [2.05, 4.69) is 62.6 Å². The van der Waals surface area contributed by atoms with Crippen molar-refractivity contribution in [1.82, 2.24) is 5.43 Å². The molecule has 0 saturated carbocycles. The fourth-order valence-corrected chi connectivity index (χ4v) is 2.77. The molecular weight excluding hydrogens is 260 g/mol. The third-order valence-electron chi connectivity index (χ3n) is 3.96. The second kappa shape index (κ2) is 5.35. The predicted octanol–water partition coefficient (Wildman–Crippen LogP) is 3.91. The number of nitrogens with two attached hydrogens (primary N) is 1. The molecule has 0 aliphatic carbocycles. The molecule has 0 aliphatic rings. The molecule has 1 unspecified atom stereocenters. The molecule has 3 N–H and O–H groups in total. The van der Waals surface area contributed by atoms with Gasteiger partial charge in [0, 0.05) is 5.39 Å². The number of hydrogen-bond donors (Lipinski definition) is 2. The molecule has 0 spiro atoms. The topological polar surface area (TPSA) is 51.2 Å². The number of aryl methyl sites for hydroxylation is 3. The summed E-state index contributed by atoms with van der Waals surface area (Å²) in [5.74, 6) is 6.65. The van der Waals surface area contributed by atoms with Crippen molar-refractivity contribution in [3.63, 3.8) is 0 Å². The number of nitrogens with one attached hydrogen (secondary N) is 1. The molecule has 0 radical (unpaired) electrons. The minimum atomic E-state index is -0.142. The molecule has 2 aromatic carbocycles. The quantitative estimate of drug-likeness (QED) is 0.565. The van der Waals surface area contributed by atoms with Crippen molar-refractivity contribution in [3.05, 3.63) is 70.5 Å². The van der Waals surface area contributed by atoms with Crippen molar-refractivity contribution in [2.24, 2.45) is 5.84 Å². The highest BCUT2D eigenvalue weighted by atomic mass is 16.3. The zero-order valence-corrected chi connectivity index (χ0v) is 12.6. The normalized spacial score (nSPS) is 12.8. The summed E-state index contributed by atoms with van der Waals surface area (Å²) in [5, 5.41) is 1.11. The summed E-state index contributed by atoms with van der Waals surface area (Å²) < 4.78 is 6.06. The minimum absolute atomic E-state index is 0.142. The summed E-state index contributed by atoms with van der Waals surface area (Å²) in [7, 11) is 0. The van der Waals surface area contributed by atoms with E-state index in [1.165, 1.54) is 11.1 Å². The third-order valence-corrected chi connectivity index (χ3v) is 3.96.